The highest BCUT2D eigenvalue weighted by Crippen LogP contribution is 2.21. The van der Waals surface area contributed by atoms with E-state index in [2.05, 4.69) is 20.8 Å². The Balaban J connectivity index is 1.66. The molecule has 6 nitrogen and oxygen atoms in total. The maximum absolute atomic E-state index is 12.5. The van der Waals surface area contributed by atoms with Crippen LogP contribution in [0.25, 0.3) is 0 Å². The molecule has 0 fully saturated rings. The molecule has 0 saturated heterocycles. The predicted octanol–water partition coefficient (Wildman–Crippen LogP) is 3.43. The Labute approximate surface area is 162 Å². The van der Waals surface area contributed by atoms with Crippen molar-refractivity contribution in [2.45, 2.75) is 6.54 Å². The number of carbonyl (C=O) groups excluding carboxylic acids is 1. The number of anilines is 2. The first kappa shape index (κ1) is 17.5. The van der Waals surface area contributed by atoms with Gasteiger partial charge in [-0.1, -0.05) is 60.7 Å². The largest absolute Gasteiger partial charge is 0.398 e. The molecule has 0 spiro atoms. The first-order valence-electron chi connectivity index (χ1n) is 8.90. The van der Waals surface area contributed by atoms with Gasteiger partial charge in [0.1, 0.15) is 5.71 Å². The van der Waals surface area contributed by atoms with Crippen LogP contribution in [0, 0.1) is 0 Å². The number of aliphatic imine (C=N–C) groups is 1. The summed E-state index contributed by atoms with van der Waals surface area (Å²) in [5, 5.41) is 7.69. The molecule has 28 heavy (non-hydrogen) atoms. The number of nitrogens with zero attached hydrogens (tertiary/aromatic N) is 2. The summed E-state index contributed by atoms with van der Waals surface area (Å²) in [6.07, 6.45) is 0. The average molecular weight is 369 g/mol. The number of hydrogen-bond acceptors (Lipinski definition) is 5. The molecule has 0 aromatic heterocycles. The van der Waals surface area contributed by atoms with E-state index in [0.29, 0.717) is 29.3 Å². The molecule has 4 rings (SSSR count). The molecule has 0 saturated carbocycles. The Morgan fingerprint density at radius 1 is 0.964 bits per heavy atom. The van der Waals surface area contributed by atoms with E-state index >= 15 is 0 Å². The Morgan fingerprint density at radius 2 is 1.68 bits per heavy atom. The van der Waals surface area contributed by atoms with E-state index in [1.54, 1.807) is 24.3 Å². The minimum absolute atomic E-state index is 0.372. The van der Waals surface area contributed by atoms with Gasteiger partial charge in [0, 0.05) is 16.9 Å². The third-order valence-corrected chi connectivity index (χ3v) is 4.42. The van der Waals surface area contributed by atoms with Crippen LogP contribution >= 0.6 is 0 Å². The summed E-state index contributed by atoms with van der Waals surface area (Å²) in [4.78, 5) is 17.1. The van der Waals surface area contributed by atoms with Crippen LogP contribution in [0.15, 0.2) is 89.0 Å². The van der Waals surface area contributed by atoms with Crippen molar-refractivity contribution in [2.75, 3.05) is 11.1 Å². The summed E-state index contributed by atoms with van der Waals surface area (Å²) < 4.78 is 0. The minimum Gasteiger partial charge on any atom is -0.398 e. The maximum Gasteiger partial charge on any atom is 0.273 e. The van der Waals surface area contributed by atoms with E-state index in [9.17, 15) is 4.79 Å². The van der Waals surface area contributed by atoms with Crippen molar-refractivity contribution in [3.05, 3.63) is 95.6 Å². The number of hydrogen-bond donors (Lipinski definition) is 3. The second-order valence-electron chi connectivity index (χ2n) is 6.30. The summed E-state index contributed by atoms with van der Waals surface area (Å²) in [5.74, 6) is 0.231. The second kappa shape index (κ2) is 7.75. The van der Waals surface area contributed by atoms with Crippen LogP contribution in [0.4, 0.5) is 11.4 Å². The van der Waals surface area contributed by atoms with Gasteiger partial charge in [-0.05, 0) is 23.8 Å². The molecule has 6 heteroatoms. The van der Waals surface area contributed by atoms with E-state index in [4.69, 9.17) is 5.73 Å². The molecular weight excluding hydrogens is 350 g/mol. The monoisotopic (exact) mass is 369 g/mol. The number of carbonyl (C=O) groups is 1. The number of fused-ring (bicyclic) bond motifs is 1. The van der Waals surface area contributed by atoms with Gasteiger partial charge in [0.05, 0.1) is 12.1 Å². The SMILES string of the molecule is Nc1ccccc1C(=O)N/N=C(\C1=NCc2ccccc2N1)c1ccccc1. The van der Waals surface area contributed by atoms with Crippen LogP contribution in [0.5, 0.6) is 0 Å². The van der Waals surface area contributed by atoms with Gasteiger partial charge < -0.3 is 11.1 Å². The molecule has 3 aromatic carbocycles. The van der Waals surface area contributed by atoms with E-state index in [0.717, 1.165) is 16.8 Å². The van der Waals surface area contributed by atoms with E-state index in [-0.39, 0.29) is 5.91 Å². The molecule has 138 valence electrons. The Hall–Kier alpha value is -3.93. The summed E-state index contributed by atoms with van der Waals surface area (Å²) in [5.41, 5.74) is 12.8. The lowest BCUT2D eigenvalue weighted by Crippen LogP contribution is -2.31. The summed E-state index contributed by atoms with van der Waals surface area (Å²) >= 11 is 0. The maximum atomic E-state index is 12.5. The van der Waals surface area contributed by atoms with Crippen molar-refractivity contribution in [2.24, 2.45) is 10.1 Å². The van der Waals surface area contributed by atoms with Gasteiger partial charge in [0.2, 0.25) is 0 Å². The zero-order valence-electron chi connectivity index (χ0n) is 15.1. The number of amides is 1. The molecule has 0 bridgehead atoms. The molecule has 0 radical (unpaired) electrons. The fourth-order valence-corrected chi connectivity index (χ4v) is 2.97. The molecule has 4 N–H and O–H groups in total. The molecule has 1 aliphatic heterocycles. The number of para-hydroxylation sites is 2. The quantitative estimate of drug-likeness (QED) is 0.374. The van der Waals surface area contributed by atoms with Gasteiger partial charge in [-0.15, -0.1) is 0 Å². The lowest BCUT2D eigenvalue weighted by atomic mass is 10.1. The smallest absolute Gasteiger partial charge is 0.273 e. The van der Waals surface area contributed by atoms with E-state index < -0.39 is 0 Å². The average Bonchev–Trinajstić information content (AvgIpc) is 2.75. The highest BCUT2D eigenvalue weighted by atomic mass is 16.2. The van der Waals surface area contributed by atoms with Crippen LogP contribution in [0.3, 0.4) is 0 Å². The molecule has 0 unspecified atom stereocenters. The number of rotatable bonds is 4. The number of benzene rings is 3. The first-order chi connectivity index (χ1) is 13.7. The van der Waals surface area contributed by atoms with Gasteiger partial charge >= 0.3 is 0 Å². The molecule has 0 atom stereocenters. The number of nitrogens with one attached hydrogen (secondary N) is 2. The lowest BCUT2D eigenvalue weighted by Gasteiger charge is -2.19. The number of amidine groups is 1. The zero-order valence-corrected chi connectivity index (χ0v) is 15.1. The van der Waals surface area contributed by atoms with Crippen molar-refractivity contribution in [1.29, 1.82) is 0 Å². The van der Waals surface area contributed by atoms with Crippen molar-refractivity contribution in [3.8, 4) is 0 Å². The molecular formula is C22H19N5O. The third kappa shape index (κ3) is 3.61. The normalized spacial score (nSPS) is 13.1. The van der Waals surface area contributed by atoms with Gasteiger partial charge in [-0.2, -0.15) is 5.10 Å². The van der Waals surface area contributed by atoms with E-state index in [1.807, 2.05) is 54.6 Å². The fraction of sp³-hybridized carbons (Fsp3) is 0.0455. The van der Waals surface area contributed by atoms with Gasteiger partial charge in [0.15, 0.2) is 5.84 Å². The number of nitrogens with two attached hydrogens (primary N) is 1. The van der Waals surface area contributed by atoms with Crippen molar-refractivity contribution >= 4 is 28.8 Å². The van der Waals surface area contributed by atoms with Crippen LogP contribution in [-0.2, 0) is 6.54 Å². The topological polar surface area (TPSA) is 91.9 Å². The molecule has 1 heterocycles. The van der Waals surface area contributed by atoms with Crippen LogP contribution in [-0.4, -0.2) is 17.5 Å². The van der Waals surface area contributed by atoms with Gasteiger partial charge in [-0.25, -0.2) is 5.43 Å². The summed E-state index contributed by atoms with van der Waals surface area (Å²) in [7, 11) is 0. The Bertz CT molecular complexity index is 1070. The predicted molar refractivity (Wildman–Crippen MR) is 113 cm³/mol. The molecule has 0 aliphatic carbocycles. The highest BCUT2D eigenvalue weighted by molar-refractivity contribution is 6.51. The second-order valence-corrected chi connectivity index (χ2v) is 6.30. The Kier molecular flexibility index (Phi) is 4.84. The highest BCUT2D eigenvalue weighted by Gasteiger charge is 2.18. The van der Waals surface area contributed by atoms with E-state index in [1.165, 1.54) is 0 Å². The first-order valence-corrected chi connectivity index (χ1v) is 8.90. The Morgan fingerprint density at radius 3 is 2.50 bits per heavy atom. The third-order valence-electron chi connectivity index (χ3n) is 4.42. The minimum atomic E-state index is -0.372. The van der Waals surface area contributed by atoms with Crippen molar-refractivity contribution < 1.29 is 4.79 Å². The fourth-order valence-electron chi connectivity index (χ4n) is 2.97. The number of nitrogen functional groups attached to an aromatic ring is 1. The van der Waals surface area contributed by atoms with Crippen LogP contribution in [0.2, 0.25) is 0 Å². The lowest BCUT2D eigenvalue weighted by molar-refractivity contribution is 0.0956. The van der Waals surface area contributed by atoms with Gasteiger partial charge in [-0.3, -0.25) is 9.79 Å². The standard InChI is InChI=1S/C22H19N5O/c23-18-12-6-5-11-17(18)22(28)27-26-20(15-8-2-1-3-9-15)21-24-14-16-10-4-7-13-19(16)25-21/h1-13H,14,23H2,(H,24,25)(H,27,28)/b26-20-. The van der Waals surface area contributed by atoms with Crippen molar-refractivity contribution in [3.63, 3.8) is 0 Å². The number of hydrazone groups is 1. The summed E-state index contributed by atoms with van der Waals surface area (Å²) in [6, 6.07) is 24.5. The molecule has 1 aliphatic rings. The van der Waals surface area contributed by atoms with Crippen LogP contribution < -0.4 is 16.5 Å². The molecule has 3 aromatic rings. The summed E-state index contributed by atoms with van der Waals surface area (Å²) in [6.45, 7) is 0.546. The zero-order chi connectivity index (χ0) is 19.3. The van der Waals surface area contributed by atoms with Crippen molar-refractivity contribution in [1.82, 2.24) is 5.43 Å². The van der Waals surface area contributed by atoms with Crippen LogP contribution in [0.1, 0.15) is 21.5 Å². The van der Waals surface area contributed by atoms with Gasteiger partial charge in [0.25, 0.3) is 5.91 Å². The molecule has 1 amide bonds.